The Hall–Kier alpha value is -1.96. The molecule has 0 aliphatic heterocycles. The van der Waals surface area contributed by atoms with Crippen molar-refractivity contribution in [1.29, 1.82) is 0 Å². The van der Waals surface area contributed by atoms with E-state index in [1.54, 1.807) is 10.9 Å². The van der Waals surface area contributed by atoms with Crippen LogP contribution in [0.2, 0.25) is 0 Å². The molecule has 1 aromatic heterocycles. The summed E-state index contributed by atoms with van der Waals surface area (Å²) in [5.41, 5.74) is 0.601. The quantitative estimate of drug-likeness (QED) is 0.741. The van der Waals surface area contributed by atoms with Gasteiger partial charge in [0.1, 0.15) is 0 Å². The zero-order valence-electron chi connectivity index (χ0n) is 11.9. The van der Waals surface area contributed by atoms with Crippen molar-refractivity contribution in [2.75, 3.05) is 13.1 Å². The molecule has 0 atom stereocenters. The largest absolute Gasteiger partial charge is 0.480 e. The first-order valence-electron chi connectivity index (χ1n) is 6.21. The lowest BCUT2D eigenvalue weighted by molar-refractivity contribution is -0.142. The summed E-state index contributed by atoms with van der Waals surface area (Å²) in [7, 11) is 0. The lowest BCUT2D eigenvalue weighted by Crippen LogP contribution is -2.34. The van der Waals surface area contributed by atoms with Crippen LogP contribution in [0.3, 0.4) is 0 Å². The Morgan fingerprint density at radius 1 is 1.25 bits per heavy atom. The standard InChI is InChI=1S/C12H20N4O4/c1-12(2,3)8-16-5-9(13-14-16)4-15(6-10(17)18)7-11(19)20/h5H,4,6-8H2,1-3H3,(H,17,18)(H,19,20). The number of nitrogens with zero attached hydrogens (tertiary/aromatic N) is 4. The molecule has 1 aromatic rings. The van der Waals surface area contributed by atoms with Crippen molar-refractivity contribution in [3.05, 3.63) is 11.9 Å². The van der Waals surface area contributed by atoms with E-state index in [0.717, 1.165) is 0 Å². The monoisotopic (exact) mass is 284 g/mol. The van der Waals surface area contributed by atoms with Crippen molar-refractivity contribution in [2.45, 2.75) is 33.9 Å². The van der Waals surface area contributed by atoms with E-state index in [4.69, 9.17) is 10.2 Å². The van der Waals surface area contributed by atoms with Gasteiger partial charge in [0, 0.05) is 19.3 Å². The van der Waals surface area contributed by atoms with Gasteiger partial charge >= 0.3 is 11.9 Å². The Balaban J connectivity index is 2.68. The number of hydrogen-bond acceptors (Lipinski definition) is 5. The molecule has 1 rings (SSSR count). The van der Waals surface area contributed by atoms with E-state index in [9.17, 15) is 9.59 Å². The van der Waals surface area contributed by atoms with Crippen LogP contribution in [0.5, 0.6) is 0 Å². The topological polar surface area (TPSA) is 109 Å². The molecular weight excluding hydrogens is 264 g/mol. The number of hydrogen-bond donors (Lipinski definition) is 2. The van der Waals surface area contributed by atoms with E-state index in [0.29, 0.717) is 12.2 Å². The zero-order valence-corrected chi connectivity index (χ0v) is 11.9. The van der Waals surface area contributed by atoms with Crippen LogP contribution < -0.4 is 0 Å². The van der Waals surface area contributed by atoms with Crippen LogP contribution in [-0.4, -0.2) is 55.1 Å². The van der Waals surface area contributed by atoms with Crippen LogP contribution in [0.15, 0.2) is 6.20 Å². The highest BCUT2D eigenvalue weighted by Gasteiger charge is 2.17. The molecule has 0 bridgehead atoms. The number of carboxylic acids is 2. The summed E-state index contributed by atoms with van der Waals surface area (Å²) < 4.78 is 1.68. The average molecular weight is 284 g/mol. The molecule has 0 spiro atoms. The number of carbonyl (C=O) groups is 2. The summed E-state index contributed by atoms with van der Waals surface area (Å²) in [6.45, 7) is 6.32. The van der Waals surface area contributed by atoms with Crippen molar-refractivity contribution in [3.8, 4) is 0 Å². The van der Waals surface area contributed by atoms with Crippen LogP contribution in [0, 0.1) is 5.41 Å². The van der Waals surface area contributed by atoms with Gasteiger partial charge in [0.2, 0.25) is 0 Å². The molecule has 0 saturated heterocycles. The van der Waals surface area contributed by atoms with E-state index in [1.165, 1.54) is 4.90 Å². The maximum Gasteiger partial charge on any atom is 0.317 e. The zero-order chi connectivity index (χ0) is 15.3. The fourth-order valence-corrected chi connectivity index (χ4v) is 1.75. The number of rotatable bonds is 7. The summed E-state index contributed by atoms with van der Waals surface area (Å²) in [5.74, 6) is -2.15. The molecular formula is C12H20N4O4. The summed E-state index contributed by atoms with van der Waals surface area (Å²) in [4.78, 5) is 22.7. The summed E-state index contributed by atoms with van der Waals surface area (Å²) in [5, 5.41) is 25.4. The molecule has 2 N–H and O–H groups in total. The predicted octanol–water partition coefficient (Wildman–Crippen LogP) is 0.295. The minimum Gasteiger partial charge on any atom is -0.480 e. The second-order valence-electron chi connectivity index (χ2n) is 5.90. The minimum absolute atomic E-state index is 0.0484. The normalized spacial score (nSPS) is 11.8. The van der Waals surface area contributed by atoms with Crippen LogP contribution in [0.1, 0.15) is 26.5 Å². The Bertz CT molecular complexity index is 462. The lowest BCUT2D eigenvalue weighted by atomic mass is 9.97. The summed E-state index contributed by atoms with van der Waals surface area (Å²) in [6, 6.07) is 0. The van der Waals surface area contributed by atoms with Crippen LogP contribution in [0.25, 0.3) is 0 Å². The SMILES string of the molecule is CC(C)(C)Cn1cc(CN(CC(=O)O)CC(=O)O)nn1. The number of carboxylic acid groups (broad SMARTS) is 2. The molecule has 8 heteroatoms. The predicted molar refractivity (Wildman–Crippen MR) is 70.0 cm³/mol. The first kappa shape index (κ1) is 16.1. The van der Waals surface area contributed by atoms with Gasteiger partial charge in [-0.15, -0.1) is 5.10 Å². The molecule has 8 nitrogen and oxygen atoms in total. The van der Waals surface area contributed by atoms with Crippen molar-refractivity contribution in [1.82, 2.24) is 19.9 Å². The fraction of sp³-hybridized carbons (Fsp3) is 0.667. The maximum absolute atomic E-state index is 10.7. The molecule has 0 aromatic carbocycles. The Morgan fingerprint density at radius 3 is 2.25 bits per heavy atom. The highest BCUT2D eigenvalue weighted by atomic mass is 16.4. The van der Waals surface area contributed by atoms with E-state index >= 15 is 0 Å². The van der Waals surface area contributed by atoms with Gasteiger partial charge in [-0.25, -0.2) is 0 Å². The van der Waals surface area contributed by atoms with Crippen molar-refractivity contribution in [3.63, 3.8) is 0 Å². The first-order chi connectivity index (χ1) is 9.15. The summed E-state index contributed by atoms with van der Waals surface area (Å²) in [6.07, 6.45) is 1.71. The van der Waals surface area contributed by atoms with E-state index < -0.39 is 11.9 Å². The molecule has 0 saturated carbocycles. The van der Waals surface area contributed by atoms with E-state index in [-0.39, 0.29) is 25.0 Å². The third-order valence-corrected chi connectivity index (χ3v) is 2.33. The van der Waals surface area contributed by atoms with Crippen LogP contribution in [0.4, 0.5) is 0 Å². The molecule has 112 valence electrons. The lowest BCUT2D eigenvalue weighted by Gasteiger charge is -2.17. The van der Waals surface area contributed by atoms with Gasteiger partial charge in [0.05, 0.1) is 18.8 Å². The third-order valence-electron chi connectivity index (χ3n) is 2.33. The van der Waals surface area contributed by atoms with Gasteiger partial charge in [-0.1, -0.05) is 26.0 Å². The van der Waals surface area contributed by atoms with Crippen LogP contribution in [-0.2, 0) is 22.7 Å². The smallest absolute Gasteiger partial charge is 0.317 e. The molecule has 0 unspecified atom stereocenters. The Labute approximate surface area is 117 Å². The molecule has 0 aliphatic carbocycles. The van der Waals surface area contributed by atoms with Crippen molar-refractivity contribution >= 4 is 11.9 Å². The second-order valence-corrected chi connectivity index (χ2v) is 5.90. The molecule has 0 amide bonds. The average Bonchev–Trinajstić information content (AvgIpc) is 2.60. The Morgan fingerprint density at radius 2 is 1.80 bits per heavy atom. The van der Waals surface area contributed by atoms with Crippen molar-refractivity contribution in [2.24, 2.45) is 5.41 Å². The molecule has 1 heterocycles. The molecule has 0 aliphatic rings. The summed E-state index contributed by atoms with van der Waals surface area (Å²) >= 11 is 0. The maximum atomic E-state index is 10.7. The van der Waals surface area contributed by atoms with Gasteiger partial charge in [-0.3, -0.25) is 19.2 Å². The molecule has 0 fully saturated rings. The van der Waals surface area contributed by atoms with Gasteiger partial charge in [-0.2, -0.15) is 0 Å². The number of aromatic nitrogens is 3. The minimum atomic E-state index is -1.08. The van der Waals surface area contributed by atoms with E-state index in [2.05, 4.69) is 31.1 Å². The number of aliphatic carboxylic acids is 2. The van der Waals surface area contributed by atoms with Crippen molar-refractivity contribution < 1.29 is 19.8 Å². The fourth-order valence-electron chi connectivity index (χ4n) is 1.75. The van der Waals surface area contributed by atoms with Gasteiger partial charge < -0.3 is 10.2 Å². The highest BCUT2D eigenvalue weighted by molar-refractivity contribution is 5.72. The Kier molecular flexibility index (Phi) is 5.20. The van der Waals surface area contributed by atoms with Gasteiger partial charge in [0.15, 0.2) is 0 Å². The van der Waals surface area contributed by atoms with Gasteiger partial charge in [-0.05, 0) is 5.41 Å². The third kappa shape index (κ3) is 6.28. The van der Waals surface area contributed by atoms with E-state index in [1.807, 2.05) is 0 Å². The molecule has 0 radical (unpaired) electrons. The second kappa shape index (κ2) is 6.47. The van der Waals surface area contributed by atoms with Crippen LogP contribution >= 0.6 is 0 Å². The van der Waals surface area contributed by atoms with Gasteiger partial charge in [0.25, 0.3) is 0 Å². The highest BCUT2D eigenvalue weighted by Crippen LogP contribution is 2.15. The molecule has 20 heavy (non-hydrogen) atoms. The first-order valence-corrected chi connectivity index (χ1v) is 6.21.